The van der Waals surface area contributed by atoms with E-state index < -0.39 is 0 Å². The molecule has 25 heavy (non-hydrogen) atoms. The fourth-order valence-electron chi connectivity index (χ4n) is 4.63. The molecule has 0 aromatic heterocycles. The number of fused-ring (bicyclic) bond motifs is 2. The Morgan fingerprint density at radius 3 is 2.44 bits per heavy atom. The summed E-state index contributed by atoms with van der Waals surface area (Å²) in [5.41, 5.74) is 0.772. The maximum absolute atomic E-state index is 13.0. The van der Waals surface area contributed by atoms with Gasteiger partial charge in [0.2, 0.25) is 0 Å². The predicted octanol–water partition coefficient (Wildman–Crippen LogP) is 3.64. The maximum Gasteiger partial charge on any atom is 0.324 e. The molecule has 3 fully saturated rings. The van der Waals surface area contributed by atoms with Crippen LogP contribution < -0.4 is 9.64 Å². The second-order valence-electron chi connectivity index (χ2n) is 7.12. The first-order valence-electron chi connectivity index (χ1n) is 8.72. The van der Waals surface area contributed by atoms with Crippen molar-refractivity contribution in [2.24, 2.45) is 0 Å². The van der Waals surface area contributed by atoms with E-state index in [9.17, 15) is 4.79 Å². The van der Waals surface area contributed by atoms with Gasteiger partial charge in [0, 0.05) is 36.2 Å². The average molecular weight is 386 g/mol. The summed E-state index contributed by atoms with van der Waals surface area (Å²) in [4.78, 5) is 19.4. The number of benzene rings is 1. The number of halogens is 2. The molecule has 3 saturated heterocycles. The highest BCUT2D eigenvalue weighted by molar-refractivity contribution is 6.31. The van der Waals surface area contributed by atoms with Crippen LogP contribution in [0, 0.1) is 0 Å². The smallest absolute Gasteiger partial charge is 0.324 e. The SMILES string of the molecule is COc1ccc(Cl)cc1N1CCN(C2CC3CCC(C2)N3C)C1=O.Cl. The van der Waals surface area contributed by atoms with E-state index in [1.807, 2.05) is 17.0 Å². The number of carbonyl (C=O) groups is 1. The molecule has 1 aromatic carbocycles. The lowest BCUT2D eigenvalue weighted by molar-refractivity contribution is 0.102. The van der Waals surface area contributed by atoms with Gasteiger partial charge in [0.1, 0.15) is 5.75 Å². The number of ether oxygens (including phenoxy) is 1. The quantitative estimate of drug-likeness (QED) is 0.796. The minimum absolute atomic E-state index is 0. The molecule has 5 nitrogen and oxygen atoms in total. The van der Waals surface area contributed by atoms with Crippen molar-refractivity contribution in [1.82, 2.24) is 9.80 Å². The Balaban J connectivity index is 0.00000182. The number of amides is 2. The zero-order chi connectivity index (χ0) is 16.8. The molecule has 0 N–H and O–H groups in total. The molecule has 4 rings (SSSR count). The van der Waals surface area contributed by atoms with Crippen LogP contribution in [0.1, 0.15) is 25.7 Å². The van der Waals surface area contributed by atoms with Crippen LogP contribution in [0.5, 0.6) is 5.75 Å². The minimum Gasteiger partial charge on any atom is -0.495 e. The fourth-order valence-corrected chi connectivity index (χ4v) is 4.79. The third kappa shape index (κ3) is 3.18. The van der Waals surface area contributed by atoms with Gasteiger partial charge in [-0.3, -0.25) is 4.90 Å². The van der Waals surface area contributed by atoms with Gasteiger partial charge in [-0.25, -0.2) is 4.79 Å². The minimum atomic E-state index is 0. The molecule has 2 bridgehead atoms. The van der Waals surface area contributed by atoms with Crippen molar-refractivity contribution in [3.8, 4) is 5.75 Å². The zero-order valence-electron chi connectivity index (χ0n) is 14.7. The molecule has 3 aliphatic rings. The second-order valence-corrected chi connectivity index (χ2v) is 7.56. The van der Waals surface area contributed by atoms with Crippen LogP contribution in [0.3, 0.4) is 0 Å². The predicted molar refractivity (Wildman–Crippen MR) is 102 cm³/mol. The van der Waals surface area contributed by atoms with Crippen molar-refractivity contribution in [2.75, 3.05) is 32.1 Å². The van der Waals surface area contributed by atoms with Gasteiger partial charge in [-0.1, -0.05) is 11.6 Å². The molecule has 1 aromatic rings. The van der Waals surface area contributed by atoms with Gasteiger partial charge < -0.3 is 14.5 Å². The first-order valence-corrected chi connectivity index (χ1v) is 9.10. The van der Waals surface area contributed by atoms with Gasteiger partial charge in [-0.15, -0.1) is 12.4 Å². The molecule has 0 spiro atoms. The topological polar surface area (TPSA) is 36.0 Å². The van der Waals surface area contributed by atoms with Gasteiger partial charge in [0.25, 0.3) is 0 Å². The molecule has 3 heterocycles. The average Bonchev–Trinajstić information content (AvgIpc) is 3.02. The Morgan fingerprint density at radius 1 is 1.12 bits per heavy atom. The monoisotopic (exact) mass is 385 g/mol. The van der Waals surface area contributed by atoms with E-state index in [1.165, 1.54) is 12.8 Å². The molecule has 3 aliphatic heterocycles. The lowest BCUT2D eigenvalue weighted by Crippen LogP contribution is -2.50. The molecule has 7 heteroatoms. The number of rotatable bonds is 3. The van der Waals surface area contributed by atoms with Gasteiger partial charge in [-0.05, 0) is 50.9 Å². The summed E-state index contributed by atoms with van der Waals surface area (Å²) in [6, 6.07) is 7.15. The standard InChI is InChI=1S/C18H24ClN3O2.ClH/c1-20-13-4-5-14(20)11-15(10-13)21-7-8-22(18(21)23)16-9-12(19)3-6-17(16)24-2;/h3,6,9,13-15H,4-5,7-8,10-11H2,1-2H3;1H. The molecule has 138 valence electrons. The Bertz CT molecular complexity index is 643. The van der Waals surface area contributed by atoms with Crippen LogP contribution in [-0.4, -0.2) is 61.2 Å². The number of hydrogen-bond acceptors (Lipinski definition) is 3. The van der Waals surface area contributed by atoms with Crippen molar-refractivity contribution in [3.05, 3.63) is 23.2 Å². The lowest BCUT2D eigenvalue weighted by Gasteiger charge is -2.40. The number of hydrogen-bond donors (Lipinski definition) is 0. The Morgan fingerprint density at radius 2 is 1.80 bits per heavy atom. The van der Waals surface area contributed by atoms with Crippen molar-refractivity contribution < 1.29 is 9.53 Å². The van der Waals surface area contributed by atoms with Gasteiger partial charge in [0.05, 0.1) is 12.8 Å². The molecule has 0 saturated carbocycles. The molecule has 0 aliphatic carbocycles. The van der Waals surface area contributed by atoms with Crippen LogP contribution in [0.2, 0.25) is 5.02 Å². The van der Waals surface area contributed by atoms with Crippen LogP contribution in [0.4, 0.5) is 10.5 Å². The third-order valence-corrected chi connectivity index (χ3v) is 6.22. The zero-order valence-corrected chi connectivity index (χ0v) is 16.2. The van der Waals surface area contributed by atoms with E-state index in [4.69, 9.17) is 16.3 Å². The van der Waals surface area contributed by atoms with Crippen molar-refractivity contribution in [1.29, 1.82) is 0 Å². The number of anilines is 1. The largest absolute Gasteiger partial charge is 0.495 e. The number of urea groups is 1. The van der Waals surface area contributed by atoms with Crippen molar-refractivity contribution in [3.63, 3.8) is 0 Å². The van der Waals surface area contributed by atoms with Gasteiger partial charge >= 0.3 is 6.03 Å². The summed E-state index contributed by atoms with van der Waals surface area (Å²) in [7, 11) is 3.85. The van der Waals surface area contributed by atoms with E-state index in [1.54, 1.807) is 13.2 Å². The number of nitrogens with zero attached hydrogens (tertiary/aromatic N) is 3. The van der Waals surface area contributed by atoms with E-state index in [0.717, 1.165) is 25.1 Å². The third-order valence-electron chi connectivity index (χ3n) is 5.99. The molecular weight excluding hydrogens is 361 g/mol. The van der Waals surface area contributed by atoms with E-state index in [0.29, 0.717) is 35.4 Å². The first kappa shape index (κ1) is 18.6. The Hall–Kier alpha value is -1.17. The van der Waals surface area contributed by atoms with Crippen molar-refractivity contribution >= 4 is 35.7 Å². The maximum atomic E-state index is 13.0. The van der Waals surface area contributed by atoms with Crippen molar-refractivity contribution in [2.45, 2.75) is 43.8 Å². The summed E-state index contributed by atoms with van der Waals surface area (Å²) < 4.78 is 5.42. The Labute approximate surface area is 160 Å². The second kappa shape index (κ2) is 7.22. The fraction of sp³-hybridized carbons (Fsp3) is 0.611. The summed E-state index contributed by atoms with van der Waals surface area (Å²) in [5.74, 6) is 0.693. The Kier molecular flexibility index (Phi) is 5.37. The number of piperidine rings is 1. The summed E-state index contributed by atoms with van der Waals surface area (Å²) in [5, 5.41) is 0.620. The molecular formula is C18H25Cl2N3O2. The highest BCUT2D eigenvalue weighted by Crippen LogP contribution is 2.39. The lowest BCUT2D eigenvalue weighted by atomic mass is 9.97. The highest BCUT2D eigenvalue weighted by atomic mass is 35.5. The molecule has 2 unspecified atom stereocenters. The first-order chi connectivity index (χ1) is 11.6. The summed E-state index contributed by atoms with van der Waals surface area (Å²) in [6.45, 7) is 1.47. The van der Waals surface area contributed by atoms with E-state index >= 15 is 0 Å². The molecule has 2 atom stereocenters. The number of methoxy groups -OCH3 is 1. The van der Waals surface area contributed by atoms with E-state index in [2.05, 4.69) is 16.8 Å². The summed E-state index contributed by atoms with van der Waals surface area (Å²) >= 11 is 6.13. The van der Waals surface area contributed by atoms with E-state index in [-0.39, 0.29) is 18.4 Å². The molecule has 0 radical (unpaired) electrons. The van der Waals surface area contributed by atoms with Crippen LogP contribution in [0.15, 0.2) is 18.2 Å². The van der Waals surface area contributed by atoms with Crippen LogP contribution >= 0.6 is 24.0 Å². The highest BCUT2D eigenvalue weighted by Gasteiger charge is 2.44. The van der Waals surface area contributed by atoms with Gasteiger partial charge in [0.15, 0.2) is 0 Å². The number of carbonyl (C=O) groups excluding carboxylic acids is 1. The van der Waals surface area contributed by atoms with Crippen LogP contribution in [-0.2, 0) is 0 Å². The van der Waals surface area contributed by atoms with Gasteiger partial charge in [-0.2, -0.15) is 0 Å². The molecule has 2 amide bonds. The normalized spacial score (nSPS) is 29.1. The van der Waals surface area contributed by atoms with Crippen LogP contribution in [0.25, 0.3) is 0 Å². The summed E-state index contributed by atoms with van der Waals surface area (Å²) in [6.07, 6.45) is 4.73.